The number of amides is 2. The van der Waals surface area contributed by atoms with Crippen LogP contribution in [0.2, 0.25) is 0 Å². The largest absolute Gasteiger partial charge is 1.00 e. The minimum atomic E-state index is -1.19. The van der Waals surface area contributed by atoms with Crippen LogP contribution in [0.15, 0.2) is 0 Å². The van der Waals surface area contributed by atoms with Crippen LogP contribution in [-0.2, 0) is 19.2 Å². The van der Waals surface area contributed by atoms with Crippen molar-refractivity contribution >= 4 is 23.8 Å². The number of carbonyl (C=O) groups excluding carboxylic acids is 4. The molecule has 2 aliphatic rings. The van der Waals surface area contributed by atoms with Gasteiger partial charge in [-0.3, -0.25) is 9.59 Å². The van der Waals surface area contributed by atoms with Crippen LogP contribution in [0, 0.1) is 0 Å². The number of nitrogens with one attached hydrogen (secondary N) is 2. The summed E-state index contributed by atoms with van der Waals surface area (Å²) < 4.78 is 0. The minimum Gasteiger partial charge on any atom is -0.548 e. The van der Waals surface area contributed by atoms with Gasteiger partial charge in [-0.25, -0.2) is 0 Å². The van der Waals surface area contributed by atoms with Crippen molar-refractivity contribution in [2.24, 2.45) is 0 Å². The third-order valence-electron chi connectivity index (χ3n) is 2.56. The van der Waals surface area contributed by atoms with Crippen LogP contribution in [-0.4, -0.2) is 35.8 Å². The molecule has 0 aromatic carbocycles. The molecule has 0 spiro atoms. The van der Waals surface area contributed by atoms with E-state index in [0.717, 1.165) is 0 Å². The maximum Gasteiger partial charge on any atom is 1.00 e. The minimum absolute atomic E-state index is 0. The Morgan fingerprint density at radius 2 is 1.15 bits per heavy atom. The first kappa shape index (κ1) is 23.4. The fraction of sp³-hybridized carbons (Fsp3) is 0.600. The molecule has 0 radical (unpaired) electrons. The average molecular weight is 334 g/mol. The van der Waals surface area contributed by atoms with Crippen molar-refractivity contribution in [1.29, 1.82) is 0 Å². The summed E-state index contributed by atoms with van der Waals surface area (Å²) in [5.41, 5.74) is 0. The maximum absolute atomic E-state index is 10.4. The molecule has 2 unspecified atom stereocenters. The monoisotopic (exact) mass is 334 g/mol. The van der Waals surface area contributed by atoms with Crippen LogP contribution in [0.3, 0.4) is 0 Å². The van der Waals surface area contributed by atoms with Gasteiger partial charge in [0.2, 0.25) is 11.8 Å². The number of rotatable bonds is 2. The van der Waals surface area contributed by atoms with Crippen LogP contribution in [0.5, 0.6) is 0 Å². The number of carbonyl (C=O) groups is 4. The van der Waals surface area contributed by atoms with E-state index in [2.05, 4.69) is 10.6 Å². The van der Waals surface area contributed by atoms with Gasteiger partial charge in [0.05, 0.1) is 24.0 Å². The van der Waals surface area contributed by atoms with Crippen molar-refractivity contribution in [3.63, 3.8) is 0 Å². The molecule has 2 heterocycles. The van der Waals surface area contributed by atoms with Crippen LogP contribution in [0.25, 0.3) is 0 Å². The van der Waals surface area contributed by atoms with Crippen LogP contribution >= 0.6 is 0 Å². The first-order valence-electron chi connectivity index (χ1n) is 5.40. The Hall–Kier alpha value is 1.15. The Balaban J connectivity index is 0. The van der Waals surface area contributed by atoms with Gasteiger partial charge in [0.1, 0.15) is 0 Å². The summed E-state index contributed by atoms with van der Waals surface area (Å²) in [6.07, 6.45) is 1.33. The van der Waals surface area contributed by atoms with Gasteiger partial charge in [-0.1, -0.05) is 0 Å². The summed E-state index contributed by atoms with van der Waals surface area (Å²) in [5, 5.41) is 24.5. The molecule has 0 aromatic rings. The SMILES string of the molecule is O=C1CCC(C(=O)[O-])N1.O=C1CCC(C(=O)[O-])N1.[K+].[K+]. The second-order valence-corrected chi connectivity index (χ2v) is 3.96. The van der Waals surface area contributed by atoms with E-state index >= 15 is 0 Å². The second-order valence-electron chi connectivity index (χ2n) is 3.96. The van der Waals surface area contributed by atoms with E-state index in [1.54, 1.807) is 0 Å². The summed E-state index contributed by atoms with van der Waals surface area (Å²) in [6.45, 7) is 0. The topological polar surface area (TPSA) is 138 Å². The van der Waals surface area contributed by atoms with Gasteiger partial charge >= 0.3 is 103 Å². The zero-order valence-electron chi connectivity index (χ0n) is 11.4. The molecule has 20 heavy (non-hydrogen) atoms. The third-order valence-corrected chi connectivity index (χ3v) is 2.56. The van der Waals surface area contributed by atoms with Gasteiger partial charge in [-0.15, -0.1) is 0 Å². The molecule has 2 rings (SSSR count). The second kappa shape index (κ2) is 11.7. The zero-order chi connectivity index (χ0) is 13.7. The van der Waals surface area contributed by atoms with Gasteiger partial charge < -0.3 is 30.4 Å². The predicted octanol–water partition coefficient (Wildman–Crippen LogP) is -9.96. The molecule has 2 N–H and O–H groups in total. The predicted molar refractivity (Wildman–Crippen MR) is 52.3 cm³/mol. The van der Waals surface area contributed by atoms with Gasteiger partial charge in [0.25, 0.3) is 0 Å². The molecule has 2 fully saturated rings. The molecule has 100 valence electrons. The van der Waals surface area contributed by atoms with E-state index in [4.69, 9.17) is 0 Å². The van der Waals surface area contributed by atoms with E-state index in [9.17, 15) is 29.4 Å². The summed E-state index contributed by atoms with van der Waals surface area (Å²) in [6, 6.07) is -1.50. The molecule has 2 saturated heterocycles. The Bertz CT molecular complexity index is 354. The van der Waals surface area contributed by atoms with E-state index in [-0.39, 0.29) is 115 Å². The van der Waals surface area contributed by atoms with E-state index < -0.39 is 24.0 Å². The zero-order valence-corrected chi connectivity index (χ0v) is 17.7. The summed E-state index contributed by atoms with van der Waals surface area (Å²) in [7, 11) is 0. The van der Waals surface area contributed by atoms with Crippen molar-refractivity contribution < 1.29 is 132 Å². The summed E-state index contributed by atoms with van der Waals surface area (Å²) in [4.78, 5) is 40.8. The number of aliphatic carboxylic acids is 2. The molecule has 0 bridgehead atoms. The molecule has 2 amide bonds. The van der Waals surface area contributed by atoms with E-state index in [0.29, 0.717) is 25.7 Å². The van der Waals surface area contributed by atoms with Crippen molar-refractivity contribution in [2.45, 2.75) is 37.8 Å². The smallest absolute Gasteiger partial charge is 0.548 e. The summed E-state index contributed by atoms with van der Waals surface area (Å²) in [5.74, 6) is -2.80. The molecule has 0 aromatic heterocycles. The Morgan fingerprint density at radius 1 is 0.850 bits per heavy atom. The molecule has 2 aliphatic heterocycles. The standard InChI is InChI=1S/2C5H7NO3.2K/c2*7-4-2-1-3(6-4)5(8)9;;/h2*3H,1-2H2,(H,6,7)(H,8,9);;/q;;2*+1/p-2. The quantitative estimate of drug-likeness (QED) is 0.481. The van der Waals surface area contributed by atoms with Gasteiger partial charge in [-0.2, -0.15) is 0 Å². The molecule has 0 aliphatic carbocycles. The molecular weight excluding hydrogens is 322 g/mol. The van der Waals surface area contributed by atoms with Crippen molar-refractivity contribution in [1.82, 2.24) is 10.6 Å². The molecule has 2 atom stereocenters. The number of carboxylic acid groups (broad SMARTS) is 2. The molecule has 0 saturated carbocycles. The number of hydrogen-bond acceptors (Lipinski definition) is 6. The maximum atomic E-state index is 10.4. The average Bonchev–Trinajstić information content (AvgIpc) is 2.88. The molecule has 10 heteroatoms. The molecule has 8 nitrogen and oxygen atoms in total. The van der Waals surface area contributed by atoms with Crippen molar-refractivity contribution in [2.75, 3.05) is 0 Å². The van der Waals surface area contributed by atoms with Crippen LogP contribution in [0.4, 0.5) is 0 Å². The van der Waals surface area contributed by atoms with Crippen LogP contribution in [0.1, 0.15) is 25.7 Å². The van der Waals surface area contributed by atoms with Gasteiger partial charge in [-0.05, 0) is 12.8 Å². The Morgan fingerprint density at radius 3 is 1.25 bits per heavy atom. The summed E-state index contributed by atoms with van der Waals surface area (Å²) >= 11 is 0. The normalized spacial score (nSPS) is 23.2. The van der Waals surface area contributed by atoms with Crippen molar-refractivity contribution in [3.05, 3.63) is 0 Å². The molecular formula is C10H12K2N2O6. The van der Waals surface area contributed by atoms with Crippen molar-refractivity contribution in [3.8, 4) is 0 Å². The number of hydrogen-bond donors (Lipinski definition) is 2. The fourth-order valence-corrected chi connectivity index (χ4v) is 1.58. The van der Waals surface area contributed by atoms with Crippen LogP contribution < -0.4 is 124 Å². The van der Waals surface area contributed by atoms with E-state index in [1.807, 2.05) is 0 Å². The number of carboxylic acids is 2. The fourth-order valence-electron chi connectivity index (χ4n) is 1.58. The van der Waals surface area contributed by atoms with E-state index in [1.165, 1.54) is 0 Å². The van der Waals surface area contributed by atoms with Gasteiger partial charge in [0.15, 0.2) is 0 Å². The Kier molecular flexibility index (Phi) is 13.7. The van der Waals surface area contributed by atoms with Gasteiger partial charge in [0, 0.05) is 12.8 Å². The first-order chi connectivity index (χ1) is 8.40. The first-order valence-corrected chi connectivity index (χ1v) is 5.40. The Labute approximate surface area is 200 Å². The third kappa shape index (κ3) is 8.56.